The Kier molecular flexibility index (Phi) is 6.72. The molecule has 150 valence electrons. The van der Waals surface area contributed by atoms with Gasteiger partial charge < -0.3 is 5.32 Å². The number of thioether (sulfide) groups is 1. The Morgan fingerprint density at radius 2 is 2.00 bits per heavy atom. The molecule has 0 radical (unpaired) electrons. The second-order valence-electron chi connectivity index (χ2n) is 7.14. The Hall–Kier alpha value is -2.35. The van der Waals surface area contributed by atoms with Crippen LogP contribution in [0.1, 0.15) is 39.5 Å². The van der Waals surface area contributed by atoms with Gasteiger partial charge in [-0.05, 0) is 37.8 Å². The Morgan fingerprint density at radius 3 is 2.75 bits per heavy atom. The highest BCUT2D eigenvalue weighted by atomic mass is 32.2. The number of hydrogen-bond acceptors (Lipinski definition) is 5. The molecule has 1 aliphatic carbocycles. The standard InChI is InChI=1S/C20H26N4O3S/c1-3-24-18(26)14-9-5-7-11-16(14)22-20(24)28-12-17(25)23-19(27)21-15-10-6-4-8-13(15)2/h5,7,9,11,13,15H,3-4,6,8,10,12H2,1-2H3,(H2,21,23,25,27)/t13-,15+/m1/s1. The van der Waals surface area contributed by atoms with Crippen molar-refractivity contribution < 1.29 is 9.59 Å². The number of nitrogens with zero attached hydrogens (tertiary/aromatic N) is 2. The summed E-state index contributed by atoms with van der Waals surface area (Å²) in [6.07, 6.45) is 4.33. The van der Waals surface area contributed by atoms with Crippen LogP contribution in [0, 0.1) is 5.92 Å². The summed E-state index contributed by atoms with van der Waals surface area (Å²) in [5.41, 5.74) is 0.476. The SMILES string of the molecule is CCn1c(SCC(=O)NC(=O)N[C@H]2CCCC[C@H]2C)nc2ccccc2c1=O. The van der Waals surface area contributed by atoms with Gasteiger partial charge in [0.15, 0.2) is 5.16 Å². The van der Waals surface area contributed by atoms with Crippen LogP contribution in [-0.4, -0.2) is 33.3 Å². The quantitative estimate of drug-likeness (QED) is 0.592. The molecule has 0 aliphatic heterocycles. The molecule has 2 atom stereocenters. The molecule has 1 heterocycles. The normalized spacial score (nSPS) is 19.4. The first-order valence-electron chi connectivity index (χ1n) is 9.72. The third kappa shape index (κ3) is 4.73. The highest BCUT2D eigenvalue weighted by Gasteiger charge is 2.23. The lowest BCUT2D eigenvalue weighted by Gasteiger charge is -2.29. The number of urea groups is 1. The Bertz CT molecular complexity index is 927. The van der Waals surface area contributed by atoms with Crippen LogP contribution < -0.4 is 16.2 Å². The van der Waals surface area contributed by atoms with E-state index in [1.54, 1.807) is 22.8 Å². The zero-order chi connectivity index (χ0) is 20.1. The molecule has 7 nitrogen and oxygen atoms in total. The molecule has 1 saturated carbocycles. The molecular weight excluding hydrogens is 376 g/mol. The van der Waals surface area contributed by atoms with Crippen LogP contribution in [0.15, 0.2) is 34.2 Å². The number of rotatable bonds is 5. The van der Waals surface area contributed by atoms with Crippen molar-refractivity contribution in [2.45, 2.75) is 57.3 Å². The van der Waals surface area contributed by atoms with Crippen LogP contribution in [0.3, 0.4) is 0 Å². The smallest absolute Gasteiger partial charge is 0.321 e. The van der Waals surface area contributed by atoms with E-state index in [2.05, 4.69) is 22.5 Å². The zero-order valence-electron chi connectivity index (χ0n) is 16.2. The number of imide groups is 1. The van der Waals surface area contributed by atoms with Gasteiger partial charge in [0, 0.05) is 12.6 Å². The van der Waals surface area contributed by atoms with Gasteiger partial charge in [0.25, 0.3) is 5.56 Å². The number of para-hydroxylation sites is 1. The Morgan fingerprint density at radius 1 is 1.25 bits per heavy atom. The number of carbonyl (C=O) groups excluding carboxylic acids is 2. The summed E-state index contributed by atoms with van der Waals surface area (Å²) in [5.74, 6) is 0.0269. The van der Waals surface area contributed by atoms with E-state index in [4.69, 9.17) is 0 Å². The number of carbonyl (C=O) groups is 2. The van der Waals surface area contributed by atoms with E-state index in [1.807, 2.05) is 13.0 Å². The lowest BCUT2D eigenvalue weighted by molar-refractivity contribution is -0.117. The van der Waals surface area contributed by atoms with E-state index in [-0.39, 0.29) is 17.4 Å². The number of nitrogens with one attached hydrogen (secondary N) is 2. The first kappa shape index (κ1) is 20.4. The molecule has 1 aromatic heterocycles. The van der Waals surface area contributed by atoms with Gasteiger partial charge in [-0.1, -0.05) is 43.7 Å². The van der Waals surface area contributed by atoms with E-state index in [0.717, 1.165) is 31.0 Å². The molecule has 3 amide bonds. The van der Waals surface area contributed by atoms with Crippen molar-refractivity contribution in [2.24, 2.45) is 5.92 Å². The molecule has 0 unspecified atom stereocenters. The van der Waals surface area contributed by atoms with E-state index in [1.165, 1.54) is 6.42 Å². The average molecular weight is 403 g/mol. The number of fused-ring (bicyclic) bond motifs is 1. The molecule has 3 rings (SSSR count). The monoisotopic (exact) mass is 402 g/mol. The van der Waals surface area contributed by atoms with Gasteiger partial charge in [0.05, 0.1) is 16.7 Å². The molecular formula is C20H26N4O3S. The molecule has 1 fully saturated rings. The van der Waals surface area contributed by atoms with Gasteiger partial charge in [-0.2, -0.15) is 0 Å². The molecule has 1 aliphatic rings. The van der Waals surface area contributed by atoms with E-state index in [9.17, 15) is 14.4 Å². The minimum atomic E-state index is -0.455. The van der Waals surface area contributed by atoms with Crippen molar-refractivity contribution in [3.63, 3.8) is 0 Å². The van der Waals surface area contributed by atoms with Crippen LogP contribution >= 0.6 is 11.8 Å². The van der Waals surface area contributed by atoms with Crippen molar-refractivity contribution in [1.29, 1.82) is 0 Å². The van der Waals surface area contributed by atoms with Crippen LogP contribution in [0.2, 0.25) is 0 Å². The predicted octanol–water partition coefficient (Wildman–Crippen LogP) is 2.91. The molecule has 28 heavy (non-hydrogen) atoms. The van der Waals surface area contributed by atoms with Gasteiger partial charge >= 0.3 is 6.03 Å². The highest BCUT2D eigenvalue weighted by Crippen LogP contribution is 2.23. The first-order chi connectivity index (χ1) is 13.5. The highest BCUT2D eigenvalue weighted by molar-refractivity contribution is 7.99. The van der Waals surface area contributed by atoms with Crippen LogP contribution in [0.25, 0.3) is 10.9 Å². The molecule has 2 aromatic rings. The molecule has 1 aromatic carbocycles. The summed E-state index contributed by atoms with van der Waals surface area (Å²) in [6, 6.07) is 6.81. The predicted molar refractivity (Wildman–Crippen MR) is 110 cm³/mol. The van der Waals surface area contributed by atoms with Crippen LogP contribution in [0.5, 0.6) is 0 Å². The van der Waals surface area contributed by atoms with E-state index < -0.39 is 11.9 Å². The minimum Gasteiger partial charge on any atom is -0.335 e. The minimum absolute atomic E-state index is 0.0123. The van der Waals surface area contributed by atoms with Gasteiger partial charge in [0.2, 0.25) is 5.91 Å². The number of amides is 3. The van der Waals surface area contributed by atoms with E-state index in [0.29, 0.717) is 28.5 Å². The van der Waals surface area contributed by atoms with Gasteiger partial charge in [-0.25, -0.2) is 9.78 Å². The maximum Gasteiger partial charge on any atom is 0.321 e. The summed E-state index contributed by atoms with van der Waals surface area (Å²) in [4.78, 5) is 41.4. The fourth-order valence-corrected chi connectivity index (χ4v) is 4.43. The largest absolute Gasteiger partial charge is 0.335 e. The maximum atomic E-state index is 12.6. The summed E-state index contributed by atoms with van der Waals surface area (Å²) in [7, 11) is 0. The molecule has 0 saturated heterocycles. The summed E-state index contributed by atoms with van der Waals surface area (Å²) in [6.45, 7) is 4.44. The van der Waals surface area contributed by atoms with Crippen LogP contribution in [0.4, 0.5) is 4.79 Å². The van der Waals surface area contributed by atoms with Crippen molar-refractivity contribution in [3.8, 4) is 0 Å². The van der Waals surface area contributed by atoms with Gasteiger partial charge in [0.1, 0.15) is 0 Å². The summed E-state index contributed by atoms with van der Waals surface area (Å²) >= 11 is 1.16. The Balaban J connectivity index is 1.61. The van der Waals surface area contributed by atoms with Crippen LogP contribution in [-0.2, 0) is 11.3 Å². The molecule has 8 heteroatoms. The summed E-state index contributed by atoms with van der Waals surface area (Å²) in [5, 5.41) is 6.31. The Labute approximate surface area is 168 Å². The molecule has 0 bridgehead atoms. The zero-order valence-corrected chi connectivity index (χ0v) is 17.1. The lowest BCUT2D eigenvalue weighted by atomic mass is 9.86. The molecule has 2 N–H and O–H groups in total. The topological polar surface area (TPSA) is 93.1 Å². The van der Waals surface area contributed by atoms with Crippen molar-refractivity contribution in [3.05, 3.63) is 34.6 Å². The van der Waals surface area contributed by atoms with Gasteiger partial charge in [-0.3, -0.25) is 19.5 Å². The third-order valence-electron chi connectivity index (χ3n) is 5.16. The van der Waals surface area contributed by atoms with E-state index >= 15 is 0 Å². The second-order valence-corrected chi connectivity index (χ2v) is 8.08. The third-order valence-corrected chi connectivity index (χ3v) is 6.13. The average Bonchev–Trinajstić information content (AvgIpc) is 2.68. The maximum absolute atomic E-state index is 12.6. The van der Waals surface area contributed by atoms with Crippen molar-refractivity contribution in [2.75, 3.05) is 5.75 Å². The number of hydrogen-bond donors (Lipinski definition) is 2. The molecule has 0 spiro atoms. The lowest BCUT2D eigenvalue weighted by Crippen LogP contribution is -2.48. The number of benzene rings is 1. The van der Waals surface area contributed by atoms with Crippen molar-refractivity contribution in [1.82, 2.24) is 20.2 Å². The fraction of sp³-hybridized carbons (Fsp3) is 0.500. The second kappa shape index (κ2) is 9.23. The number of aromatic nitrogens is 2. The van der Waals surface area contributed by atoms with Gasteiger partial charge in [-0.15, -0.1) is 0 Å². The first-order valence-corrected chi connectivity index (χ1v) is 10.7. The fourth-order valence-electron chi connectivity index (χ4n) is 3.56. The summed E-state index contributed by atoms with van der Waals surface area (Å²) < 4.78 is 1.55. The van der Waals surface area contributed by atoms with Crippen molar-refractivity contribution >= 4 is 34.6 Å².